The van der Waals surface area contributed by atoms with Gasteiger partial charge in [-0.3, -0.25) is 9.59 Å². The van der Waals surface area contributed by atoms with E-state index in [4.69, 9.17) is 23.2 Å². The van der Waals surface area contributed by atoms with Gasteiger partial charge in [0.15, 0.2) is 0 Å². The van der Waals surface area contributed by atoms with Crippen LogP contribution in [0.2, 0.25) is 10.0 Å². The first-order valence-electron chi connectivity index (χ1n) is 5.87. The SMILES string of the molecule is Cc1ccn(CC(=O)Nc2cc(Cl)cc(Cl)c2)c(=O)c1. The van der Waals surface area contributed by atoms with E-state index in [1.54, 1.807) is 30.5 Å². The fraction of sp³-hybridized carbons (Fsp3) is 0.143. The van der Waals surface area contributed by atoms with Crippen LogP contribution >= 0.6 is 23.2 Å². The Kier molecular flexibility index (Phi) is 4.47. The third kappa shape index (κ3) is 3.85. The second-order valence-electron chi connectivity index (χ2n) is 4.38. The highest BCUT2D eigenvalue weighted by Gasteiger charge is 2.06. The topological polar surface area (TPSA) is 51.1 Å². The molecule has 0 radical (unpaired) electrons. The lowest BCUT2D eigenvalue weighted by Gasteiger charge is -2.08. The van der Waals surface area contributed by atoms with E-state index in [0.29, 0.717) is 15.7 Å². The molecule has 0 fully saturated rings. The summed E-state index contributed by atoms with van der Waals surface area (Å²) < 4.78 is 1.33. The molecule has 0 saturated heterocycles. The van der Waals surface area contributed by atoms with E-state index in [1.165, 1.54) is 10.6 Å². The van der Waals surface area contributed by atoms with Crippen LogP contribution in [0.4, 0.5) is 5.69 Å². The summed E-state index contributed by atoms with van der Waals surface area (Å²) in [7, 11) is 0. The van der Waals surface area contributed by atoms with E-state index in [1.807, 2.05) is 6.92 Å². The predicted octanol–water partition coefficient (Wildman–Crippen LogP) is 3.10. The summed E-state index contributed by atoms with van der Waals surface area (Å²) in [6.07, 6.45) is 1.59. The minimum atomic E-state index is -0.325. The summed E-state index contributed by atoms with van der Waals surface area (Å²) in [6, 6.07) is 7.99. The molecule has 0 unspecified atom stereocenters. The number of rotatable bonds is 3. The van der Waals surface area contributed by atoms with Crippen molar-refractivity contribution in [2.24, 2.45) is 0 Å². The molecular formula is C14H12Cl2N2O2. The maximum Gasteiger partial charge on any atom is 0.251 e. The Hall–Kier alpha value is -1.78. The summed E-state index contributed by atoms with van der Waals surface area (Å²) in [5.74, 6) is -0.325. The molecule has 1 heterocycles. The largest absolute Gasteiger partial charge is 0.324 e. The molecule has 20 heavy (non-hydrogen) atoms. The predicted molar refractivity (Wildman–Crippen MR) is 80.5 cm³/mol. The Morgan fingerprint density at radius 2 is 1.85 bits per heavy atom. The van der Waals surface area contributed by atoms with Crippen LogP contribution < -0.4 is 10.9 Å². The minimum absolute atomic E-state index is 0.0662. The van der Waals surface area contributed by atoms with Gasteiger partial charge < -0.3 is 9.88 Å². The fourth-order valence-corrected chi connectivity index (χ4v) is 2.24. The molecule has 2 rings (SSSR count). The van der Waals surface area contributed by atoms with Crippen LogP contribution in [0, 0.1) is 6.92 Å². The van der Waals surface area contributed by atoms with Crippen LogP contribution in [0.25, 0.3) is 0 Å². The smallest absolute Gasteiger partial charge is 0.251 e. The first-order valence-corrected chi connectivity index (χ1v) is 6.63. The van der Waals surface area contributed by atoms with E-state index < -0.39 is 0 Å². The summed E-state index contributed by atoms with van der Waals surface area (Å²) in [5, 5.41) is 3.51. The molecule has 0 spiro atoms. The van der Waals surface area contributed by atoms with E-state index in [-0.39, 0.29) is 18.0 Å². The highest BCUT2D eigenvalue weighted by Crippen LogP contribution is 2.22. The van der Waals surface area contributed by atoms with Crippen LogP contribution in [-0.2, 0) is 11.3 Å². The lowest BCUT2D eigenvalue weighted by atomic mass is 10.3. The molecule has 0 aliphatic rings. The number of carbonyl (C=O) groups excluding carboxylic acids is 1. The number of hydrogen-bond acceptors (Lipinski definition) is 2. The molecule has 104 valence electrons. The zero-order valence-corrected chi connectivity index (χ0v) is 12.2. The molecule has 1 N–H and O–H groups in total. The molecule has 0 aliphatic carbocycles. The van der Waals surface area contributed by atoms with Crippen molar-refractivity contribution in [1.82, 2.24) is 4.57 Å². The van der Waals surface area contributed by atoms with Crippen LogP contribution in [0.15, 0.2) is 41.3 Å². The Morgan fingerprint density at radius 1 is 1.20 bits per heavy atom. The first kappa shape index (κ1) is 14.6. The summed E-state index contributed by atoms with van der Waals surface area (Å²) in [6.45, 7) is 1.75. The van der Waals surface area contributed by atoms with Gasteiger partial charge in [-0.05, 0) is 36.8 Å². The number of pyridine rings is 1. The maximum atomic E-state index is 11.9. The molecule has 0 saturated carbocycles. The average Bonchev–Trinajstić information content (AvgIpc) is 2.31. The fourth-order valence-electron chi connectivity index (χ4n) is 1.72. The summed E-state index contributed by atoms with van der Waals surface area (Å²) in [4.78, 5) is 23.6. The number of hydrogen-bond donors (Lipinski definition) is 1. The first-order chi connectivity index (χ1) is 9.44. The number of anilines is 1. The highest BCUT2D eigenvalue weighted by molar-refractivity contribution is 6.35. The Labute approximate surface area is 125 Å². The number of halogens is 2. The molecule has 1 amide bonds. The molecule has 0 bridgehead atoms. The number of carbonyl (C=O) groups is 1. The zero-order valence-electron chi connectivity index (χ0n) is 10.7. The van der Waals surface area contributed by atoms with Gasteiger partial charge in [-0.2, -0.15) is 0 Å². The molecule has 6 heteroatoms. The number of nitrogens with zero attached hydrogens (tertiary/aromatic N) is 1. The van der Waals surface area contributed by atoms with Gasteiger partial charge in [0.2, 0.25) is 5.91 Å². The lowest BCUT2D eigenvalue weighted by molar-refractivity contribution is -0.116. The molecule has 1 aromatic heterocycles. The summed E-state index contributed by atoms with van der Waals surface area (Å²) >= 11 is 11.7. The number of aryl methyl sites for hydroxylation is 1. The van der Waals surface area contributed by atoms with Crippen molar-refractivity contribution in [2.75, 3.05) is 5.32 Å². The second kappa shape index (κ2) is 6.11. The van der Waals surface area contributed by atoms with Gasteiger partial charge in [0.05, 0.1) is 0 Å². The number of amides is 1. The van der Waals surface area contributed by atoms with Crippen LogP contribution in [0.5, 0.6) is 0 Å². The average molecular weight is 311 g/mol. The Bertz CT molecular complexity index is 690. The van der Waals surface area contributed by atoms with Crippen molar-refractivity contribution < 1.29 is 4.79 Å². The number of nitrogens with one attached hydrogen (secondary N) is 1. The van der Waals surface area contributed by atoms with E-state index >= 15 is 0 Å². The van der Waals surface area contributed by atoms with Crippen LogP contribution in [0.3, 0.4) is 0 Å². The normalized spacial score (nSPS) is 10.3. The van der Waals surface area contributed by atoms with Crippen molar-refractivity contribution in [3.8, 4) is 0 Å². The van der Waals surface area contributed by atoms with Crippen molar-refractivity contribution in [1.29, 1.82) is 0 Å². The molecule has 0 atom stereocenters. The maximum absolute atomic E-state index is 11.9. The van der Waals surface area contributed by atoms with Crippen LogP contribution in [0.1, 0.15) is 5.56 Å². The highest BCUT2D eigenvalue weighted by atomic mass is 35.5. The Balaban J connectivity index is 2.11. The third-order valence-electron chi connectivity index (χ3n) is 2.61. The Morgan fingerprint density at radius 3 is 2.45 bits per heavy atom. The molecule has 1 aromatic carbocycles. The standard InChI is InChI=1S/C14H12Cl2N2O2/c1-9-2-3-18(14(20)4-9)8-13(19)17-12-6-10(15)5-11(16)7-12/h2-7H,8H2,1H3,(H,17,19). The van der Waals surface area contributed by atoms with Crippen LogP contribution in [-0.4, -0.2) is 10.5 Å². The number of aromatic nitrogens is 1. The molecule has 2 aromatic rings. The summed E-state index contributed by atoms with van der Waals surface area (Å²) in [5.41, 5.74) is 1.13. The van der Waals surface area contributed by atoms with Gasteiger partial charge in [-0.25, -0.2) is 0 Å². The van der Waals surface area contributed by atoms with Gasteiger partial charge in [-0.15, -0.1) is 0 Å². The van der Waals surface area contributed by atoms with E-state index in [0.717, 1.165) is 5.56 Å². The lowest BCUT2D eigenvalue weighted by Crippen LogP contribution is -2.26. The third-order valence-corrected chi connectivity index (χ3v) is 3.05. The van der Waals surface area contributed by atoms with Gasteiger partial charge in [0.25, 0.3) is 5.56 Å². The quantitative estimate of drug-likeness (QED) is 0.947. The molecular weight excluding hydrogens is 299 g/mol. The zero-order chi connectivity index (χ0) is 14.7. The van der Waals surface area contributed by atoms with E-state index in [9.17, 15) is 9.59 Å². The molecule has 0 aliphatic heterocycles. The minimum Gasteiger partial charge on any atom is -0.324 e. The van der Waals surface area contributed by atoms with E-state index in [2.05, 4.69) is 5.32 Å². The van der Waals surface area contributed by atoms with Crippen molar-refractivity contribution in [3.63, 3.8) is 0 Å². The van der Waals surface area contributed by atoms with Crippen molar-refractivity contribution in [3.05, 3.63) is 62.5 Å². The van der Waals surface area contributed by atoms with Gasteiger partial charge in [0.1, 0.15) is 6.54 Å². The number of benzene rings is 1. The van der Waals surface area contributed by atoms with Gasteiger partial charge in [-0.1, -0.05) is 23.2 Å². The monoisotopic (exact) mass is 310 g/mol. The van der Waals surface area contributed by atoms with Crippen molar-refractivity contribution >= 4 is 34.8 Å². The van der Waals surface area contributed by atoms with Crippen molar-refractivity contribution in [2.45, 2.75) is 13.5 Å². The molecule has 4 nitrogen and oxygen atoms in total. The van der Waals surface area contributed by atoms with Gasteiger partial charge in [0, 0.05) is 28.0 Å². The second-order valence-corrected chi connectivity index (χ2v) is 5.25. The van der Waals surface area contributed by atoms with Gasteiger partial charge >= 0.3 is 0 Å².